The molecule has 0 bridgehead atoms. The molecule has 5 heteroatoms. The van der Waals surface area contributed by atoms with Gasteiger partial charge in [0.25, 0.3) is 0 Å². The molecule has 0 aliphatic heterocycles. The quantitative estimate of drug-likeness (QED) is 0.772. The number of carbonyl (C=O) groups excluding carboxylic acids is 1. The maximum Gasteiger partial charge on any atom is 0.307 e. The second-order valence-electron chi connectivity index (χ2n) is 6.62. The van der Waals surface area contributed by atoms with Crippen LogP contribution in [-0.4, -0.2) is 23.6 Å². The van der Waals surface area contributed by atoms with Crippen molar-refractivity contribution < 1.29 is 19.4 Å². The van der Waals surface area contributed by atoms with E-state index in [0.29, 0.717) is 18.9 Å². The molecule has 23 heavy (non-hydrogen) atoms. The van der Waals surface area contributed by atoms with Crippen molar-refractivity contribution in [2.45, 2.75) is 39.7 Å². The molecule has 1 fully saturated rings. The molecule has 5 nitrogen and oxygen atoms in total. The lowest BCUT2D eigenvalue weighted by molar-refractivity contribution is -0.140. The Kier molecular flexibility index (Phi) is 5.64. The third kappa shape index (κ3) is 4.98. The highest BCUT2D eigenvalue weighted by molar-refractivity contribution is 5.89. The first kappa shape index (κ1) is 17.3. The largest absolute Gasteiger partial charge is 0.494 e. The number of aliphatic carboxylic acids is 1. The summed E-state index contributed by atoms with van der Waals surface area (Å²) in [5.41, 5.74) is 0.974. The summed E-state index contributed by atoms with van der Waals surface area (Å²) in [6, 6.07) is 7.50. The summed E-state index contributed by atoms with van der Waals surface area (Å²) in [7, 11) is 0. The molecule has 3 atom stereocenters. The van der Waals surface area contributed by atoms with Gasteiger partial charge in [-0.3, -0.25) is 9.59 Å². The van der Waals surface area contributed by atoms with Crippen LogP contribution >= 0.6 is 0 Å². The molecule has 1 saturated carbocycles. The summed E-state index contributed by atoms with van der Waals surface area (Å²) >= 11 is 0. The van der Waals surface area contributed by atoms with E-state index in [1.807, 2.05) is 31.2 Å². The number of ether oxygens (including phenoxy) is 1. The van der Waals surface area contributed by atoms with Gasteiger partial charge in [-0.15, -0.1) is 0 Å². The molecule has 2 rings (SSSR count). The molecule has 1 amide bonds. The number of hydrogen-bond donors (Lipinski definition) is 2. The summed E-state index contributed by atoms with van der Waals surface area (Å²) in [5, 5.41) is 11.7. The number of rotatable bonds is 8. The molecule has 0 radical (unpaired) electrons. The van der Waals surface area contributed by atoms with E-state index in [1.54, 1.807) is 0 Å². The Morgan fingerprint density at radius 1 is 1.22 bits per heavy atom. The van der Waals surface area contributed by atoms with Gasteiger partial charge in [0.05, 0.1) is 24.5 Å². The van der Waals surface area contributed by atoms with E-state index in [1.165, 1.54) is 0 Å². The number of carboxylic acids is 1. The van der Waals surface area contributed by atoms with Crippen molar-refractivity contribution in [1.29, 1.82) is 0 Å². The minimum Gasteiger partial charge on any atom is -0.494 e. The Labute approximate surface area is 137 Å². The molecule has 0 saturated heterocycles. The van der Waals surface area contributed by atoms with E-state index in [4.69, 9.17) is 9.84 Å². The summed E-state index contributed by atoms with van der Waals surface area (Å²) in [6.45, 7) is 6.91. The van der Waals surface area contributed by atoms with Gasteiger partial charge in [0, 0.05) is 0 Å². The lowest BCUT2D eigenvalue weighted by atomic mass is 10.1. The van der Waals surface area contributed by atoms with E-state index in [0.717, 1.165) is 17.7 Å². The fourth-order valence-electron chi connectivity index (χ4n) is 2.43. The first-order chi connectivity index (χ1) is 10.9. The monoisotopic (exact) mass is 319 g/mol. The van der Waals surface area contributed by atoms with Crippen LogP contribution in [0.4, 0.5) is 0 Å². The standard InChI is InChI=1S/C18H25NO4/c1-11(2)8-9-23-14-6-4-13(5-7-14)12(3)19-17(20)15-10-16(15)18(21)22/h4-7,11-12,15-16H,8-10H2,1-3H3,(H,19,20)(H,21,22). The topological polar surface area (TPSA) is 75.6 Å². The van der Waals surface area contributed by atoms with Crippen LogP contribution in [-0.2, 0) is 9.59 Å². The lowest BCUT2D eigenvalue weighted by Gasteiger charge is -2.15. The maximum absolute atomic E-state index is 12.0. The van der Waals surface area contributed by atoms with Crippen molar-refractivity contribution in [1.82, 2.24) is 5.32 Å². The van der Waals surface area contributed by atoms with Gasteiger partial charge in [0.2, 0.25) is 5.91 Å². The third-order valence-electron chi connectivity index (χ3n) is 4.15. The molecular formula is C18H25NO4. The average Bonchev–Trinajstić information content (AvgIpc) is 3.28. The number of nitrogens with one attached hydrogen (secondary N) is 1. The smallest absolute Gasteiger partial charge is 0.307 e. The zero-order valence-corrected chi connectivity index (χ0v) is 13.9. The number of carbonyl (C=O) groups is 2. The minimum atomic E-state index is -0.888. The molecule has 0 aromatic heterocycles. The molecule has 0 heterocycles. The Balaban J connectivity index is 1.82. The van der Waals surface area contributed by atoms with Crippen molar-refractivity contribution in [2.75, 3.05) is 6.61 Å². The van der Waals surface area contributed by atoms with Crippen molar-refractivity contribution >= 4 is 11.9 Å². The zero-order valence-electron chi connectivity index (χ0n) is 13.9. The van der Waals surface area contributed by atoms with Crippen LogP contribution in [0, 0.1) is 17.8 Å². The molecular weight excluding hydrogens is 294 g/mol. The second-order valence-corrected chi connectivity index (χ2v) is 6.62. The predicted octanol–water partition coefficient (Wildman–Crippen LogP) is 3.01. The Hall–Kier alpha value is -2.04. The average molecular weight is 319 g/mol. The van der Waals surface area contributed by atoms with Gasteiger partial charge in [-0.2, -0.15) is 0 Å². The maximum atomic E-state index is 12.0. The molecule has 1 aliphatic carbocycles. The molecule has 1 aromatic carbocycles. The first-order valence-corrected chi connectivity index (χ1v) is 8.14. The van der Waals surface area contributed by atoms with E-state index in [2.05, 4.69) is 19.2 Å². The number of carboxylic acid groups (broad SMARTS) is 1. The SMILES string of the molecule is CC(C)CCOc1ccc(C(C)NC(=O)C2CC2C(=O)O)cc1. The van der Waals surface area contributed by atoms with Crippen molar-refractivity contribution in [3.05, 3.63) is 29.8 Å². The van der Waals surface area contributed by atoms with Gasteiger partial charge in [-0.25, -0.2) is 0 Å². The van der Waals surface area contributed by atoms with Crippen LogP contribution in [0.5, 0.6) is 5.75 Å². The van der Waals surface area contributed by atoms with Gasteiger partial charge in [0.15, 0.2) is 0 Å². The normalized spacial score (nSPS) is 20.9. The number of hydrogen-bond acceptors (Lipinski definition) is 3. The summed E-state index contributed by atoms with van der Waals surface area (Å²) < 4.78 is 5.67. The Morgan fingerprint density at radius 2 is 1.87 bits per heavy atom. The predicted molar refractivity (Wildman–Crippen MR) is 87.2 cm³/mol. The molecule has 0 spiro atoms. The van der Waals surface area contributed by atoms with Crippen LogP contribution in [0.2, 0.25) is 0 Å². The van der Waals surface area contributed by atoms with Crippen LogP contribution in [0.1, 0.15) is 45.2 Å². The lowest BCUT2D eigenvalue weighted by Crippen LogP contribution is -2.29. The highest BCUT2D eigenvalue weighted by atomic mass is 16.5. The Bertz CT molecular complexity index is 553. The van der Waals surface area contributed by atoms with Gasteiger partial charge >= 0.3 is 5.97 Å². The zero-order chi connectivity index (χ0) is 17.0. The Morgan fingerprint density at radius 3 is 2.39 bits per heavy atom. The van der Waals surface area contributed by atoms with Gasteiger partial charge < -0.3 is 15.2 Å². The first-order valence-electron chi connectivity index (χ1n) is 8.14. The minimum absolute atomic E-state index is 0.151. The summed E-state index contributed by atoms with van der Waals surface area (Å²) in [4.78, 5) is 22.8. The van der Waals surface area contributed by atoms with Crippen LogP contribution in [0.3, 0.4) is 0 Å². The fourth-order valence-corrected chi connectivity index (χ4v) is 2.43. The van der Waals surface area contributed by atoms with Crippen molar-refractivity contribution in [2.24, 2.45) is 17.8 Å². The summed E-state index contributed by atoms with van der Waals surface area (Å²) in [5.74, 6) is -0.530. The van der Waals surface area contributed by atoms with Gasteiger partial charge in [0.1, 0.15) is 5.75 Å². The van der Waals surface area contributed by atoms with E-state index in [9.17, 15) is 9.59 Å². The molecule has 1 aliphatic rings. The van der Waals surface area contributed by atoms with Crippen LogP contribution < -0.4 is 10.1 Å². The van der Waals surface area contributed by atoms with Crippen LogP contribution in [0.15, 0.2) is 24.3 Å². The molecule has 2 N–H and O–H groups in total. The highest BCUT2D eigenvalue weighted by Gasteiger charge is 2.48. The molecule has 3 unspecified atom stereocenters. The summed E-state index contributed by atoms with van der Waals surface area (Å²) in [6.07, 6.45) is 1.46. The number of benzene rings is 1. The van der Waals surface area contributed by atoms with Crippen molar-refractivity contribution in [3.8, 4) is 5.75 Å². The second kappa shape index (κ2) is 7.49. The third-order valence-corrected chi connectivity index (χ3v) is 4.15. The fraction of sp³-hybridized carbons (Fsp3) is 0.556. The van der Waals surface area contributed by atoms with Crippen molar-refractivity contribution in [3.63, 3.8) is 0 Å². The molecule has 1 aromatic rings. The van der Waals surface area contributed by atoms with E-state index < -0.39 is 11.9 Å². The van der Waals surface area contributed by atoms with Crippen LogP contribution in [0.25, 0.3) is 0 Å². The van der Waals surface area contributed by atoms with E-state index >= 15 is 0 Å². The number of amides is 1. The van der Waals surface area contributed by atoms with Gasteiger partial charge in [-0.1, -0.05) is 26.0 Å². The van der Waals surface area contributed by atoms with E-state index in [-0.39, 0.29) is 17.9 Å². The molecule has 126 valence electrons. The van der Waals surface area contributed by atoms with Gasteiger partial charge in [-0.05, 0) is 43.4 Å². The highest BCUT2D eigenvalue weighted by Crippen LogP contribution is 2.39.